The summed E-state index contributed by atoms with van der Waals surface area (Å²) in [7, 11) is -3.56. The van der Waals surface area contributed by atoms with E-state index in [2.05, 4.69) is 5.32 Å². The lowest BCUT2D eigenvalue weighted by Gasteiger charge is -2.29. The molecule has 0 aliphatic carbocycles. The lowest BCUT2D eigenvalue weighted by Crippen LogP contribution is -2.49. The van der Waals surface area contributed by atoms with Crippen LogP contribution in [0.25, 0.3) is 0 Å². The minimum Gasteiger partial charge on any atom is -0.352 e. The predicted octanol–water partition coefficient (Wildman–Crippen LogP) is 2.37. The van der Waals surface area contributed by atoms with Crippen LogP contribution in [0.15, 0.2) is 18.2 Å². The third-order valence-corrected chi connectivity index (χ3v) is 5.08. The van der Waals surface area contributed by atoms with E-state index < -0.39 is 16.1 Å². The van der Waals surface area contributed by atoms with Crippen LogP contribution in [-0.4, -0.2) is 32.7 Å². The van der Waals surface area contributed by atoms with E-state index in [0.717, 1.165) is 23.8 Å². The number of hydrogen-bond acceptors (Lipinski definition) is 3. The first-order valence-electron chi connectivity index (χ1n) is 7.45. The molecule has 0 saturated heterocycles. The van der Waals surface area contributed by atoms with Gasteiger partial charge in [-0.1, -0.05) is 13.0 Å². The Morgan fingerprint density at radius 2 is 1.82 bits per heavy atom. The molecule has 0 aromatic heterocycles. The van der Waals surface area contributed by atoms with Gasteiger partial charge in [-0.15, -0.1) is 0 Å². The zero-order valence-electron chi connectivity index (χ0n) is 14.2. The molecule has 1 N–H and O–H groups in total. The lowest BCUT2D eigenvalue weighted by molar-refractivity contribution is -0.122. The highest BCUT2D eigenvalue weighted by Gasteiger charge is 2.29. The second-order valence-electron chi connectivity index (χ2n) is 5.82. The molecule has 1 aromatic carbocycles. The number of hydrogen-bond donors (Lipinski definition) is 1. The van der Waals surface area contributed by atoms with Gasteiger partial charge in [-0.3, -0.25) is 9.10 Å². The van der Waals surface area contributed by atoms with E-state index in [0.29, 0.717) is 5.69 Å². The molecule has 1 amide bonds. The molecule has 6 heteroatoms. The maximum Gasteiger partial charge on any atom is 0.243 e. The van der Waals surface area contributed by atoms with Gasteiger partial charge in [0.05, 0.1) is 11.9 Å². The molecule has 0 radical (unpaired) electrons. The SMILES string of the molecule is CC[C@@H](C)NC(=O)[C@H](C)N(c1ccc(C)c(C)c1)S(C)(=O)=O. The van der Waals surface area contributed by atoms with Crippen molar-refractivity contribution in [1.29, 1.82) is 0 Å². The van der Waals surface area contributed by atoms with Crippen LogP contribution < -0.4 is 9.62 Å². The van der Waals surface area contributed by atoms with Gasteiger partial charge in [0.25, 0.3) is 0 Å². The highest BCUT2D eigenvalue weighted by atomic mass is 32.2. The average molecular weight is 326 g/mol. The first kappa shape index (κ1) is 18.5. The predicted molar refractivity (Wildman–Crippen MR) is 90.6 cm³/mol. The number of carbonyl (C=O) groups excluding carboxylic acids is 1. The molecule has 1 aromatic rings. The van der Waals surface area contributed by atoms with Crippen molar-refractivity contribution in [3.8, 4) is 0 Å². The molecule has 124 valence electrons. The number of nitrogens with zero attached hydrogens (tertiary/aromatic N) is 1. The second kappa shape index (κ2) is 7.13. The van der Waals surface area contributed by atoms with Gasteiger partial charge in [-0.05, 0) is 57.4 Å². The fourth-order valence-electron chi connectivity index (χ4n) is 2.14. The van der Waals surface area contributed by atoms with Crippen molar-refractivity contribution in [3.05, 3.63) is 29.3 Å². The van der Waals surface area contributed by atoms with Gasteiger partial charge < -0.3 is 5.32 Å². The maximum atomic E-state index is 12.3. The molecule has 0 aliphatic rings. The van der Waals surface area contributed by atoms with Gasteiger partial charge in [-0.25, -0.2) is 8.42 Å². The van der Waals surface area contributed by atoms with Crippen molar-refractivity contribution in [1.82, 2.24) is 5.32 Å². The molecule has 0 saturated carbocycles. The number of rotatable bonds is 6. The number of anilines is 1. The molecule has 0 aliphatic heterocycles. The molecule has 1 rings (SSSR count). The zero-order valence-corrected chi connectivity index (χ0v) is 15.0. The molecule has 0 bridgehead atoms. The van der Waals surface area contributed by atoms with Crippen LogP contribution in [-0.2, 0) is 14.8 Å². The number of carbonyl (C=O) groups is 1. The molecule has 0 heterocycles. The zero-order chi connectivity index (χ0) is 17.1. The van der Waals surface area contributed by atoms with E-state index in [-0.39, 0.29) is 11.9 Å². The summed E-state index contributed by atoms with van der Waals surface area (Å²) in [6.45, 7) is 9.35. The highest BCUT2D eigenvalue weighted by molar-refractivity contribution is 7.92. The molecular formula is C16H26N2O3S. The quantitative estimate of drug-likeness (QED) is 0.873. The van der Waals surface area contributed by atoms with Crippen molar-refractivity contribution < 1.29 is 13.2 Å². The second-order valence-corrected chi connectivity index (χ2v) is 7.68. The van der Waals surface area contributed by atoms with Crippen molar-refractivity contribution in [3.63, 3.8) is 0 Å². The van der Waals surface area contributed by atoms with E-state index in [9.17, 15) is 13.2 Å². The van der Waals surface area contributed by atoms with E-state index in [1.165, 1.54) is 4.31 Å². The van der Waals surface area contributed by atoms with Crippen molar-refractivity contribution in [2.24, 2.45) is 0 Å². The van der Waals surface area contributed by atoms with Crippen LogP contribution in [0.3, 0.4) is 0 Å². The summed E-state index contributed by atoms with van der Waals surface area (Å²) in [5.41, 5.74) is 2.58. The summed E-state index contributed by atoms with van der Waals surface area (Å²) in [6.07, 6.45) is 1.91. The van der Waals surface area contributed by atoms with E-state index in [1.54, 1.807) is 19.1 Å². The minimum atomic E-state index is -3.56. The first-order valence-corrected chi connectivity index (χ1v) is 9.29. The largest absolute Gasteiger partial charge is 0.352 e. The van der Waals surface area contributed by atoms with Crippen LogP contribution >= 0.6 is 0 Å². The normalized spacial score (nSPS) is 14.3. The Kier molecular flexibility index (Phi) is 6.00. The van der Waals surface area contributed by atoms with Crippen molar-refractivity contribution in [2.45, 2.75) is 53.1 Å². The van der Waals surface area contributed by atoms with Crippen LogP contribution in [0, 0.1) is 13.8 Å². The average Bonchev–Trinajstić information content (AvgIpc) is 2.41. The molecule has 0 spiro atoms. The fourth-order valence-corrected chi connectivity index (χ4v) is 3.30. The summed E-state index contributed by atoms with van der Waals surface area (Å²) < 4.78 is 25.5. The molecule has 5 nitrogen and oxygen atoms in total. The number of nitrogens with one attached hydrogen (secondary N) is 1. The van der Waals surface area contributed by atoms with Gasteiger partial charge in [0, 0.05) is 6.04 Å². The van der Waals surface area contributed by atoms with Gasteiger partial charge >= 0.3 is 0 Å². The van der Waals surface area contributed by atoms with Gasteiger partial charge in [0.15, 0.2) is 0 Å². The Balaban J connectivity index is 3.19. The molecular weight excluding hydrogens is 300 g/mol. The van der Waals surface area contributed by atoms with Gasteiger partial charge in [-0.2, -0.15) is 0 Å². The van der Waals surface area contributed by atoms with Gasteiger partial charge in [0.1, 0.15) is 6.04 Å². The summed E-state index contributed by atoms with van der Waals surface area (Å²) in [4.78, 5) is 12.3. The minimum absolute atomic E-state index is 0.0103. The summed E-state index contributed by atoms with van der Waals surface area (Å²) in [6, 6.07) is 4.60. The third kappa shape index (κ3) is 4.47. The molecule has 0 fully saturated rings. The lowest BCUT2D eigenvalue weighted by atomic mass is 10.1. The summed E-state index contributed by atoms with van der Waals surface area (Å²) in [5.74, 6) is -0.294. The van der Waals surface area contributed by atoms with E-state index in [1.807, 2.05) is 33.8 Å². The number of aryl methyl sites for hydroxylation is 2. The Morgan fingerprint density at radius 3 is 2.27 bits per heavy atom. The topological polar surface area (TPSA) is 66.5 Å². The van der Waals surface area contributed by atoms with Crippen LogP contribution in [0.2, 0.25) is 0 Å². The van der Waals surface area contributed by atoms with E-state index in [4.69, 9.17) is 0 Å². The summed E-state index contributed by atoms with van der Waals surface area (Å²) in [5, 5.41) is 2.83. The standard InChI is InChI=1S/C16H26N2O3S/c1-7-13(4)17-16(19)14(5)18(22(6,20)21)15-9-8-11(2)12(3)10-15/h8-10,13-14H,7H2,1-6H3,(H,17,19)/t13-,14+/m1/s1. The summed E-state index contributed by atoms with van der Waals surface area (Å²) >= 11 is 0. The van der Waals surface area contributed by atoms with E-state index >= 15 is 0 Å². The van der Waals surface area contributed by atoms with Crippen LogP contribution in [0.1, 0.15) is 38.3 Å². The number of sulfonamides is 1. The first-order chi connectivity index (χ1) is 10.1. The number of benzene rings is 1. The third-order valence-electron chi connectivity index (χ3n) is 3.83. The fraction of sp³-hybridized carbons (Fsp3) is 0.562. The Morgan fingerprint density at radius 1 is 1.23 bits per heavy atom. The van der Waals surface area contributed by atoms with Crippen molar-refractivity contribution in [2.75, 3.05) is 10.6 Å². The Bertz CT molecular complexity index is 641. The molecule has 22 heavy (non-hydrogen) atoms. The van der Waals surface area contributed by atoms with Gasteiger partial charge in [0.2, 0.25) is 15.9 Å². The smallest absolute Gasteiger partial charge is 0.243 e. The molecule has 2 atom stereocenters. The Hall–Kier alpha value is -1.56. The Labute approximate surface area is 133 Å². The number of amides is 1. The highest BCUT2D eigenvalue weighted by Crippen LogP contribution is 2.23. The maximum absolute atomic E-state index is 12.3. The van der Waals surface area contributed by atoms with Crippen LogP contribution in [0.4, 0.5) is 5.69 Å². The molecule has 0 unspecified atom stereocenters. The monoisotopic (exact) mass is 326 g/mol. The van der Waals surface area contributed by atoms with Crippen LogP contribution in [0.5, 0.6) is 0 Å². The van der Waals surface area contributed by atoms with Crippen molar-refractivity contribution >= 4 is 21.6 Å².